The van der Waals surface area contributed by atoms with Gasteiger partial charge in [-0.05, 0) is 31.4 Å². The maximum absolute atomic E-state index is 10.2. The maximum Gasteiger partial charge on any atom is 0.125 e. The molecule has 2 N–H and O–H groups in total. The molecule has 6 heteroatoms. The molecule has 1 aliphatic rings. The van der Waals surface area contributed by atoms with Crippen molar-refractivity contribution in [1.82, 2.24) is 24.6 Å². The molecule has 2 aromatic heterocycles. The van der Waals surface area contributed by atoms with Crippen molar-refractivity contribution in [3.05, 3.63) is 60.3 Å². The molecule has 0 spiro atoms. The molecule has 1 fully saturated rings. The third kappa shape index (κ3) is 2.95. The summed E-state index contributed by atoms with van der Waals surface area (Å²) in [5.41, 5.74) is 3.36. The lowest BCUT2D eigenvalue weighted by Crippen LogP contribution is -2.55. The van der Waals surface area contributed by atoms with Gasteiger partial charge in [-0.25, -0.2) is 4.98 Å². The van der Waals surface area contributed by atoms with Crippen LogP contribution < -0.4 is 5.32 Å². The SMILES string of the molecule is Cc1cnn([C@H]2[C@H](O)C[C@@H]2NC(C)c2ncc(-c3ccccc3)n2C)c1. The lowest BCUT2D eigenvalue weighted by Gasteiger charge is -2.43. The zero-order valence-corrected chi connectivity index (χ0v) is 15.4. The van der Waals surface area contributed by atoms with Crippen LogP contribution >= 0.6 is 0 Å². The summed E-state index contributed by atoms with van der Waals surface area (Å²) in [7, 11) is 2.05. The standard InChI is InChI=1S/C20H25N5O/c1-13-10-22-25(12-13)19-16(9-18(19)26)23-14(2)20-21-11-17(24(20)3)15-7-5-4-6-8-15/h4-8,10-12,14,16,18-19,23,26H,9H2,1-3H3/t14?,16-,18+,19+/m0/s1. The molecule has 0 radical (unpaired) electrons. The molecule has 1 saturated carbocycles. The summed E-state index contributed by atoms with van der Waals surface area (Å²) < 4.78 is 4.01. The van der Waals surface area contributed by atoms with E-state index in [0.717, 1.165) is 29.1 Å². The summed E-state index contributed by atoms with van der Waals surface area (Å²) in [4.78, 5) is 4.64. The molecule has 6 nitrogen and oxygen atoms in total. The van der Waals surface area contributed by atoms with Crippen LogP contribution in [0, 0.1) is 6.92 Å². The lowest BCUT2D eigenvalue weighted by atomic mass is 9.82. The number of aliphatic hydroxyl groups is 1. The molecule has 0 saturated heterocycles. The number of hydrogen-bond donors (Lipinski definition) is 2. The number of rotatable bonds is 5. The molecular formula is C20H25N5O. The fraction of sp³-hybridized carbons (Fsp3) is 0.400. The van der Waals surface area contributed by atoms with Gasteiger partial charge in [0, 0.05) is 19.3 Å². The van der Waals surface area contributed by atoms with Crippen LogP contribution in [-0.4, -0.2) is 36.6 Å². The number of nitrogens with one attached hydrogen (secondary N) is 1. The minimum Gasteiger partial charge on any atom is -0.391 e. The Kier molecular flexibility index (Phi) is 4.38. The van der Waals surface area contributed by atoms with E-state index < -0.39 is 0 Å². The monoisotopic (exact) mass is 351 g/mol. The minimum absolute atomic E-state index is 0.0278. The number of aromatic nitrogens is 4. The number of imidazole rings is 1. The van der Waals surface area contributed by atoms with Gasteiger partial charge in [0.25, 0.3) is 0 Å². The Balaban J connectivity index is 1.50. The lowest BCUT2D eigenvalue weighted by molar-refractivity contribution is -0.0115. The Bertz CT molecular complexity index is 885. The summed E-state index contributed by atoms with van der Waals surface area (Å²) in [6.45, 7) is 4.13. The van der Waals surface area contributed by atoms with E-state index in [2.05, 4.69) is 39.0 Å². The van der Waals surface area contributed by atoms with Crippen molar-refractivity contribution in [3.8, 4) is 11.3 Å². The van der Waals surface area contributed by atoms with Crippen molar-refractivity contribution in [2.45, 2.75) is 44.5 Å². The van der Waals surface area contributed by atoms with E-state index in [1.54, 1.807) is 0 Å². The summed E-state index contributed by atoms with van der Waals surface area (Å²) in [5, 5.41) is 18.2. The number of nitrogens with zero attached hydrogens (tertiary/aromatic N) is 4. The minimum atomic E-state index is -0.361. The molecule has 3 aromatic rings. The Morgan fingerprint density at radius 1 is 1.23 bits per heavy atom. The molecule has 136 valence electrons. The molecule has 0 bridgehead atoms. The largest absolute Gasteiger partial charge is 0.391 e. The van der Waals surface area contributed by atoms with E-state index in [0.29, 0.717) is 0 Å². The van der Waals surface area contributed by atoms with Crippen molar-refractivity contribution in [3.63, 3.8) is 0 Å². The molecule has 1 aromatic carbocycles. The maximum atomic E-state index is 10.2. The van der Waals surface area contributed by atoms with Crippen molar-refractivity contribution in [2.75, 3.05) is 0 Å². The van der Waals surface area contributed by atoms with Gasteiger partial charge in [0.2, 0.25) is 0 Å². The topological polar surface area (TPSA) is 67.9 Å². The smallest absolute Gasteiger partial charge is 0.125 e. The fourth-order valence-electron chi connectivity index (χ4n) is 3.83. The van der Waals surface area contributed by atoms with Gasteiger partial charge in [-0.15, -0.1) is 0 Å². The van der Waals surface area contributed by atoms with E-state index >= 15 is 0 Å². The second kappa shape index (κ2) is 6.70. The number of benzene rings is 1. The van der Waals surface area contributed by atoms with Gasteiger partial charge in [0.1, 0.15) is 5.82 Å². The second-order valence-electron chi connectivity index (χ2n) is 7.21. The van der Waals surface area contributed by atoms with Gasteiger partial charge in [0.15, 0.2) is 0 Å². The Hall–Kier alpha value is -2.44. The van der Waals surface area contributed by atoms with Gasteiger partial charge in [-0.3, -0.25) is 4.68 Å². The van der Waals surface area contributed by atoms with Crippen molar-refractivity contribution < 1.29 is 5.11 Å². The summed E-state index contributed by atoms with van der Waals surface area (Å²) in [6.07, 6.45) is 6.11. The van der Waals surface area contributed by atoms with E-state index in [1.165, 1.54) is 0 Å². The average Bonchev–Trinajstić information content (AvgIpc) is 3.20. The van der Waals surface area contributed by atoms with Crippen LogP contribution in [0.25, 0.3) is 11.3 Å². The molecule has 26 heavy (non-hydrogen) atoms. The van der Waals surface area contributed by atoms with Crippen molar-refractivity contribution in [2.24, 2.45) is 7.05 Å². The third-order valence-electron chi connectivity index (χ3n) is 5.28. The van der Waals surface area contributed by atoms with E-state index in [4.69, 9.17) is 0 Å². The highest BCUT2D eigenvalue weighted by molar-refractivity contribution is 5.59. The van der Waals surface area contributed by atoms with Crippen LogP contribution in [0.5, 0.6) is 0 Å². The molecular weight excluding hydrogens is 326 g/mol. The first-order chi connectivity index (χ1) is 12.5. The molecule has 4 atom stereocenters. The van der Waals surface area contributed by atoms with Crippen LogP contribution in [0.4, 0.5) is 0 Å². The van der Waals surface area contributed by atoms with Crippen LogP contribution in [0.15, 0.2) is 48.9 Å². The van der Waals surface area contributed by atoms with Crippen molar-refractivity contribution in [1.29, 1.82) is 0 Å². The average molecular weight is 351 g/mol. The molecule has 1 unspecified atom stereocenters. The summed E-state index contributed by atoms with van der Waals surface area (Å²) in [5.74, 6) is 0.987. The van der Waals surface area contributed by atoms with Gasteiger partial charge in [-0.2, -0.15) is 5.10 Å². The highest BCUT2D eigenvalue weighted by Crippen LogP contribution is 2.34. The first-order valence-corrected chi connectivity index (χ1v) is 9.06. The van der Waals surface area contributed by atoms with E-state index in [-0.39, 0.29) is 24.2 Å². The summed E-state index contributed by atoms with van der Waals surface area (Å²) >= 11 is 0. The normalized spacial score (nSPS) is 23.6. The third-order valence-corrected chi connectivity index (χ3v) is 5.28. The Morgan fingerprint density at radius 3 is 2.65 bits per heavy atom. The Morgan fingerprint density at radius 2 is 2.00 bits per heavy atom. The van der Waals surface area contributed by atoms with Gasteiger partial charge < -0.3 is 15.0 Å². The highest BCUT2D eigenvalue weighted by atomic mass is 16.3. The zero-order chi connectivity index (χ0) is 18.3. The summed E-state index contributed by atoms with van der Waals surface area (Å²) in [6, 6.07) is 10.5. The van der Waals surface area contributed by atoms with Gasteiger partial charge in [-0.1, -0.05) is 30.3 Å². The fourth-order valence-corrected chi connectivity index (χ4v) is 3.83. The van der Waals surface area contributed by atoms with Crippen LogP contribution in [0.1, 0.15) is 36.8 Å². The quantitative estimate of drug-likeness (QED) is 0.741. The van der Waals surface area contributed by atoms with E-state index in [9.17, 15) is 5.11 Å². The predicted molar refractivity (Wildman–Crippen MR) is 101 cm³/mol. The van der Waals surface area contributed by atoms with Gasteiger partial charge >= 0.3 is 0 Å². The molecule has 0 aliphatic heterocycles. The Labute approximate surface area is 153 Å². The van der Waals surface area contributed by atoms with Crippen molar-refractivity contribution >= 4 is 0 Å². The predicted octanol–water partition coefficient (Wildman–Crippen LogP) is 2.62. The second-order valence-corrected chi connectivity index (χ2v) is 7.21. The highest BCUT2D eigenvalue weighted by Gasteiger charge is 2.42. The number of aryl methyl sites for hydroxylation is 1. The van der Waals surface area contributed by atoms with Crippen LogP contribution in [0.2, 0.25) is 0 Å². The molecule has 1 aliphatic carbocycles. The molecule has 2 heterocycles. The number of hydrogen-bond acceptors (Lipinski definition) is 4. The zero-order valence-electron chi connectivity index (χ0n) is 15.4. The number of aliphatic hydroxyl groups excluding tert-OH is 1. The molecule has 4 rings (SSSR count). The first kappa shape index (κ1) is 17.0. The van der Waals surface area contributed by atoms with Crippen LogP contribution in [-0.2, 0) is 7.05 Å². The van der Waals surface area contributed by atoms with Gasteiger partial charge in [0.05, 0.1) is 36.3 Å². The van der Waals surface area contributed by atoms with E-state index in [1.807, 2.05) is 55.4 Å². The van der Waals surface area contributed by atoms with Crippen LogP contribution in [0.3, 0.4) is 0 Å². The molecule has 0 amide bonds. The first-order valence-electron chi connectivity index (χ1n) is 9.06.